The van der Waals surface area contributed by atoms with E-state index in [1.54, 1.807) is 0 Å². The molecule has 3 heteroatoms. The van der Waals surface area contributed by atoms with Crippen LogP contribution in [0.1, 0.15) is 25.8 Å². The van der Waals surface area contributed by atoms with Gasteiger partial charge in [0.2, 0.25) is 0 Å². The third-order valence-corrected chi connectivity index (χ3v) is 4.05. The molecule has 2 atom stereocenters. The summed E-state index contributed by atoms with van der Waals surface area (Å²) < 4.78 is 0. The molecule has 0 bridgehead atoms. The van der Waals surface area contributed by atoms with Crippen LogP contribution in [0, 0.1) is 11.8 Å². The number of piperidine rings is 1. The molecule has 94 valence electrons. The SMILES string of the molecule is CC1CC(C)CN(c2ccc(CCl)c(Cl)c2)C1. The van der Waals surface area contributed by atoms with E-state index in [2.05, 4.69) is 24.8 Å². The third-order valence-electron chi connectivity index (χ3n) is 3.41. The fourth-order valence-corrected chi connectivity index (χ4v) is 3.26. The molecule has 1 aliphatic heterocycles. The monoisotopic (exact) mass is 271 g/mol. The maximum atomic E-state index is 6.21. The molecule has 0 amide bonds. The van der Waals surface area contributed by atoms with Gasteiger partial charge in [-0.05, 0) is 36.0 Å². The van der Waals surface area contributed by atoms with Crippen molar-refractivity contribution < 1.29 is 0 Å². The van der Waals surface area contributed by atoms with Gasteiger partial charge in [0.1, 0.15) is 0 Å². The molecular weight excluding hydrogens is 253 g/mol. The van der Waals surface area contributed by atoms with Crippen molar-refractivity contribution in [2.24, 2.45) is 11.8 Å². The van der Waals surface area contributed by atoms with Gasteiger partial charge in [0.15, 0.2) is 0 Å². The van der Waals surface area contributed by atoms with E-state index in [0.29, 0.717) is 5.88 Å². The molecule has 0 N–H and O–H groups in total. The zero-order valence-corrected chi connectivity index (χ0v) is 11.9. The molecule has 0 spiro atoms. The zero-order chi connectivity index (χ0) is 12.4. The quantitative estimate of drug-likeness (QED) is 0.713. The van der Waals surface area contributed by atoms with Crippen LogP contribution in [0.25, 0.3) is 0 Å². The van der Waals surface area contributed by atoms with Crippen molar-refractivity contribution in [1.82, 2.24) is 0 Å². The highest BCUT2D eigenvalue weighted by molar-refractivity contribution is 6.32. The molecule has 1 aliphatic rings. The number of alkyl halides is 1. The Kier molecular flexibility index (Phi) is 4.22. The van der Waals surface area contributed by atoms with Crippen molar-refractivity contribution in [3.05, 3.63) is 28.8 Å². The molecular formula is C14H19Cl2N. The van der Waals surface area contributed by atoms with Crippen LogP contribution >= 0.6 is 23.2 Å². The van der Waals surface area contributed by atoms with Crippen LogP contribution < -0.4 is 4.90 Å². The molecule has 1 aromatic carbocycles. The number of halogens is 2. The number of anilines is 1. The third kappa shape index (κ3) is 3.08. The predicted octanol–water partition coefficient (Wildman–Crippen LogP) is 4.56. The number of hydrogen-bond donors (Lipinski definition) is 0. The van der Waals surface area contributed by atoms with E-state index in [1.165, 1.54) is 12.1 Å². The summed E-state index contributed by atoms with van der Waals surface area (Å²) in [4.78, 5) is 2.43. The largest absolute Gasteiger partial charge is 0.371 e. The maximum absolute atomic E-state index is 6.21. The van der Waals surface area contributed by atoms with Gasteiger partial charge in [-0.15, -0.1) is 11.6 Å². The minimum absolute atomic E-state index is 0.478. The smallest absolute Gasteiger partial charge is 0.0488 e. The fraction of sp³-hybridized carbons (Fsp3) is 0.571. The second kappa shape index (κ2) is 5.49. The highest BCUT2D eigenvalue weighted by Crippen LogP contribution is 2.29. The number of benzene rings is 1. The summed E-state index contributed by atoms with van der Waals surface area (Å²) >= 11 is 12.0. The molecule has 2 unspecified atom stereocenters. The normalized spacial score (nSPS) is 25.1. The Bertz CT molecular complexity index is 382. The van der Waals surface area contributed by atoms with Crippen molar-refractivity contribution in [1.29, 1.82) is 0 Å². The number of rotatable bonds is 2. The molecule has 0 aromatic heterocycles. The molecule has 0 aliphatic carbocycles. The minimum Gasteiger partial charge on any atom is -0.371 e. The van der Waals surface area contributed by atoms with Crippen LogP contribution in [0.2, 0.25) is 5.02 Å². The first-order valence-electron chi connectivity index (χ1n) is 6.19. The van der Waals surface area contributed by atoms with E-state index in [9.17, 15) is 0 Å². The number of hydrogen-bond acceptors (Lipinski definition) is 1. The van der Waals surface area contributed by atoms with Gasteiger partial charge in [-0.2, -0.15) is 0 Å². The number of nitrogens with zero attached hydrogens (tertiary/aromatic N) is 1. The molecule has 0 saturated carbocycles. The second-order valence-corrected chi connectivity index (χ2v) is 5.93. The van der Waals surface area contributed by atoms with Crippen molar-refractivity contribution in [2.75, 3.05) is 18.0 Å². The Morgan fingerprint density at radius 1 is 1.24 bits per heavy atom. The van der Waals surface area contributed by atoms with Gasteiger partial charge < -0.3 is 4.90 Å². The molecule has 1 fully saturated rings. The van der Waals surface area contributed by atoms with Gasteiger partial charge in [0.25, 0.3) is 0 Å². The maximum Gasteiger partial charge on any atom is 0.0488 e. The molecule has 1 heterocycles. The molecule has 1 aromatic rings. The van der Waals surface area contributed by atoms with Gasteiger partial charge in [-0.1, -0.05) is 31.5 Å². The first-order chi connectivity index (χ1) is 8.10. The van der Waals surface area contributed by atoms with Gasteiger partial charge >= 0.3 is 0 Å². The van der Waals surface area contributed by atoms with E-state index in [-0.39, 0.29) is 0 Å². The standard InChI is InChI=1S/C14H19Cl2N/c1-10-5-11(2)9-17(8-10)13-4-3-12(7-15)14(16)6-13/h3-4,6,10-11H,5,7-9H2,1-2H3. The van der Waals surface area contributed by atoms with E-state index < -0.39 is 0 Å². The summed E-state index contributed by atoms with van der Waals surface area (Å²) in [7, 11) is 0. The van der Waals surface area contributed by atoms with Crippen LogP contribution in [0.15, 0.2) is 18.2 Å². The summed E-state index contributed by atoms with van der Waals surface area (Å²) in [5.41, 5.74) is 2.23. The summed E-state index contributed by atoms with van der Waals surface area (Å²) in [5.74, 6) is 1.99. The predicted molar refractivity (Wildman–Crippen MR) is 76.2 cm³/mol. The van der Waals surface area contributed by atoms with Crippen LogP contribution in [0.5, 0.6) is 0 Å². The average molecular weight is 272 g/mol. The van der Waals surface area contributed by atoms with E-state index in [4.69, 9.17) is 23.2 Å². The van der Waals surface area contributed by atoms with Gasteiger partial charge in [-0.3, -0.25) is 0 Å². The van der Waals surface area contributed by atoms with Crippen LogP contribution in [-0.2, 0) is 5.88 Å². The molecule has 1 nitrogen and oxygen atoms in total. The Morgan fingerprint density at radius 3 is 2.41 bits per heavy atom. The van der Waals surface area contributed by atoms with E-state index >= 15 is 0 Å². The summed E-state index contributed by atoms with van der Waals surface area (Å²) in [5, 5.41) is 0.781. The lowest BCUT2D eigenvalue weighted by Crippen LogP contribution is -2.38. The fourth-order valence-electron chi connectivity index (χ4n) is 2.72. The minimum atomic E-state index is 0.478. The van der Waals surface area contributed by atoms with Crippen molar-refractivity contribution in [2.45, 2.75) is 26.1 Å². The first-order valence-corrected chi connectivity index (χ1v) is 7.10. The molecule has 1 saturated heterocycles. The highest BCUT2D eigenvalue weighted by Gasteiger charge is 2.22. The van der Waals surface area contributed by atoms with Gasteiger partial charge in [0, 0.05) is 29.7 Å². The summed E-state index contributed by atoms with van der Waals surface area (Å²) in [6.45, 7) is 6.89. The van der Waals surface area contributed by atoms with Crippen molar-refractivity contribution in [3.8, 4) is 0 Å². The summed E-state index contributed by atoms with van der Waals surface area (Å²) in [6, 6.07) is 6.22. The average Bonchev–Trinajstić information content (AvgIpc) is 2.27. The van der Waals surface area contributed by atoms with E-state index in [1.807, 2.05) is 12.1 Å². The Hall–Kier alpha value is -0.400. The summed E-state index contributed by atoms with van der Waals surface area (Å²) in [6.07, 6.45) is 1.32. The van der Waals surface area contributed by atoms with Gasteiger partial charge in [0.05, 0.1) is 0 Å². The van der Waals surface area contributed by atoms with Crippen LogP contribution in [0.3, 0.4) is 0 Å². The Labute approximate surface area is 114 Å². The lowest BCUT2D eigenvalue weighted by Gasteiger charge is -2.36. The van der Waals surface area contributed by atoms with Crippen LogP contribution in [0.4, 0.5) is 5.69 Å². The highest BCUT2D eigenvalue weighted by atomic mass is 35.5. The van der Waals surface area contributed by atoms with E-state index in [0.717, 1.165) is 35.5 Å². The Balaban J connectivity index is 2.19. The topological polar surface area (TPSA) is 3.24 Å². The Morgan fingerprint density at radius 2 is 1.88 bits per heavy atom. The van der Waals surface area contributed by atoms with Crippen molar-refractivity contribution in [3.63, 3.8) is 0 Å². The lowest BCUT2D eigenvalue weighted by molar-refractivity contribution is 0.357. The molecule has 17 heavy (non-hydrogen) atoms. The molecule has 2 rings (SSSR count). The van der Waals surface area contributed by atoms with Gasteiger partial charge in [-0.25, -0.2) is 0 Å². The first kappa shape index (κ1) is 13.0. The van der Waals surface area contributed by atoms with Crippen molar-refractivity contribution >= 4 is 28.9 Å². The zero-order valence-electron chi connectivity index (χ0n) is 10.4. The second-order valence-electron chi connectivity index (χ2n) is 5.26. The lowest BCUT2D eigenvalue weighted by atomic mass is 9.91. The molecule has 0 radical (unpaired) electrons. The van der Waals surface area contributed by atoms with Crippen LogP contribution in [-0.4, -0.2) is 13.1 Å².